The van der Waals surface area contributed by atoms with Crippen molar-refractivity contribution in [1.29, 1.82) is 0 Å². The van der Waals surface area contributed by atoms with Gasteiger partial charge in [0.2, 0.25) is 11.8 Å². The van der Waals surface area contributed by atoms with Gasteiger partial charge in [-0.1, -0.05) is 30.8 Å². The van der Waals surface area contributed by atoms with Crippen LogP contribution in [0.4, 0.5) is 0 Å². The van der Waals surface area contributed by atoms with Crippen LogP contribution in [-0.2, 0) is 11.3 Å². The normalized spacial score (nSPS) is 26.8. The number of aliphatic hydroxyl groups excluding tert-OH is 1. The van der Waals surface area contributed by atoms with Crippen LogP contribution in [0.3, 0.4) is 0 Å². The molecular formula is C16H25N3O3. The number of aliphatic hydroxyl groups is 1. The number of hydrogen-bond acceptors (Lipinski definition) is 5. The van der Waals surface area contributed by atoms with E-state index in [2.05, 4.69) is 15.5 Å². The highest BCUT2D eigenvalue weighted by atomic mass is 16.5. The molecule has 1 heterocycles. The largest absolute Gasteiger partial charge is 0.393 e. The number of nitrogens with one attached hydrogen (secondary N) is 1. The zero-order valence-corrected chi connectivity index (χ0v) is 13.0. The molecule has 2 saturated carbocycles. The number of aromatic nitrogens is 2. The Morgan fingerprint density at radius 1 is 1.18 bits per heavy atom. The topological polar surface area (TPSA) is 88.3 Å². The van der Waals surface area contributed by atoms with Crippen molar-refractivity contribution in [2.75, 3.05) is 0 Å². The summed E-state index contributed by atoms with van der Waals surface area (Å²) in [6.45, 7) is 0.283. The van der Waals surface area contributed by atoms with Gasteiger partial charge < -0.3 is 14.9 Å². The summed E-state index contributed by atoms with van der Waals surface area (Å²) in [5.74, 6) is 1.57. The minimum atomic E-state index is -0.342. The molecule has 3 rings (SSSR count). The molecule has 122 valence electrons. The third kappa shape index (κ3) is 3.85. The second-order valence-corrected chi connectivity index (χ2v) is 6.62. The molecule has 2 aliphatic rings. The van der Waals surface area contributed by atoms with Crippen LogP contribution in [0, 0.1) is 5.92 Å². The smallest absolute Gasteiger partial charge is 0.246 e. The lowest BCUT2D eigenvalue weighted by Crippen LogP contribution is -2.34. The molecule has 0 spiro atoms. The number of amides is 1. The summed E-state index contributed by atoms with van der Waals surface area (Å²) in [7, 11) is 0. The number of carbonyl (C=O) groups excluding carboxylic acids is 1. The van der Waals surface area contributed by atoms with E-state index >= 15 is 0 Å². The predicted molar refractivity (Wildman–Crippen MR) is 79.9 cm³/mol. The van der Waals surface area contributed by atoms with Gasteiger partial charge in [-0.2, -0.15) is 4.98 Å². The predicted octanol–water partition coefficient (Wildman–Crippen LogP) is 2.28. The van der Waals surface area contributed by atoms with Crippen LogP contribution >= 0.6 is 0 Å². The van der Waals surface area contributed by atoms with Crippen LogP contribution in [-0.4, -0.2) is 27.3 Å². The van der Waals surface area contributed by atoms with Gasteiger partial charge in [0.15, 0.2) is 5.82 Å². The maximum absolute atomic E-state index is 12.1. The van der Waals surface area contributed by atoms with Crippen molar-refractivity contribution in [2.24, 2.45) is 5.92 Å². The van der Waals surface area contributed by atoms with Gasteiger partial charge in [0.25, 0.3) is 0 Å². The molecule has 1 aromatic rings. The Morgan fingerprint density at radius 3 is 2.77 bits per heavy atom. The summed E-state index contributed by atoms with van der Waals surface area (Å²) in [5.41, 5.74) is 0. The van der Waals surface area contributed by atoms with Crippen LogP contribution < -0.4 is 5.32 Å². The molecule has 6 heteroatoms. The molecule has 0 aromatic carbocycles. The Morgan fingerprint density at radius 2 is 2.00 bits per heavy atom. The van der Waals surface area contributed by atoms with Crippen molar-refractivity contribution in [1.82, 2.24) is 15.5 Å². The summed E-state index contributed by atoms with van der Waals surface area (Å²) in [6.07, 6.45) is 8.80. The molecule has 2 aliphatic carbocycles. The van der Waals surface area contributed by atoms with Gasteiger partial charge >= 0.3 is 0 Å². The molecule has 2 fully saturated rings. The van der Waals surface area contributed by atoms with Crippen LogP contribution in [0.5, 0.6) is 0 Å². The maximum Gasteiger partial charge on any atom is 0.246 e. The molecule has 2 N–H and O–H groups in total. The van der Waals surface area contributed by atoms with Crippen molar-refractivity contribution in [2.45, 2.75) is 76.4 Å². The molecule has 0 saturated heterocycles. The molecule has 0 radical (unpaired) electrons. The molecule has 22 heavy (non-hydrogen) atoms. The van der Waals surface area contributed by atoms with Crippen molar-refractivity contribution >= 4 is 5.91 Å². The first-order valence-electron chi connectivity index (χ1n) is 8.50. The van der Waals surface area contributed by atoms with Crippen LogP contribution in [0.15, 0.2) is 4.52 Å². The number of hydrogen-bond donors (Lipinski definition) is 2. The van der Waals surface area contributed by atoms with Gasteiger partial charge in [-0.15, -0.1) is 0 Å². The van der Waals surface area contributed by atoms with E-state index in [1.54, 1.807) is 0 Å². The number of rotatable bonds is 4. The Kier molecular flexibility index (Phi) is 5.08. The Labute approximate surface area is 130 Å². The van der Waals surface area contributed by atoms with Gasteiger partial charge in [-0.25, -0.2) is 0 Å². The molecule has 0 aliphatic heterocycles. The fraction of sp³-hybridized carbons (Fsp3) is 0.812. The van der Waals surface area contributed by atoms with E-state index in [1.807, 2.05) is 0 Å². The molecule has 2 atom stereocenters. The summed E-state index contributed by atoms with van der Waals surface area (Å²) < 4.78 is 5.25. The lowest BCUT2D eigenvalue weighted by Gasteiger charge is -2.24. The lowest BCUT2D eigenvalue weighted by molar-refractivity contribution is -0.127. The van der Waals surface area contributed by atoms with Gasteiger partial charge in [0.05, 0.1) is 12.6 Å². The maximum atomic E-state index is 12.1. The first-order valence-corrected chi connectivity index (χ1v) is 8.50. The average molecular weight is 307 g/mol. The van der Waals surface area contributed by atoms with Crippen molar-refractivity contribution in [3.05, 3.63) is 11.7 Å². The zero-order valence-electron chi connectivity index (χ0n) is 13.0. The Hall–Kier alpha value is -1.43. The molecular weight excluding hydrogens is 282 g/mol. The highest BCUT2D eigenvalue weighted by Crippen LogP contribution is 2.30. The van der Waals surface area contributed by atoms with Gasteiger partial charge in [-0.05, 0) is 32.1 Å². The highest BCUT2D eigenvalue weighted by Gasteiger charge is 2.26. The first kappa shape index (κ1) is 15.5. The number of nitrogens with zero attached hydrogens (tertiary/aromatic N) is 2. The SMILES string of the molecule is O=C(NCc1nc(C2CCCCC2)no1)[C@@H]1CCC[C@H](O)C1. The van der Waals surface area contributed by atoms with Crippen molar-refractivity contribution in [3.63, 3.8) is 0 Å². The van der Waals surface area contributed by atoms with Gasteiger partial charge in [0, 0.05) is 11.8 Å². The van der Waals surface area contributed by atoms with Crippen molar-refractivity contribution in [3.8, 4) is 0 Å². The molecule has 0 bridgehead atoms. The summed E-state index contributed by atoms with van der Waals surface area (Å²) >= 11 is 0. The van der Waals surface area contributed by atoms with Crippen LogP contribution in [0.2, 0.25) is 0 Å². The van der Waals surface area contributed by atoms with E-state index in [0.29, 0.717) is 18.2 Å². The van der Waals surface area contributed by atoms with E-state index < -0.39 is 0 Å². The average Bonchev–Trinajstić information content (AvgIpc) is 3.02. The minimum absolute atomic E-state index is 0.0174. The fourth-order valence-electron chi connectivity index (χ4n) is 3.58. The van der Waals surface area contributed by atoms with Gasteiger partial charge in [-0.3, -0.25) is 4.79 Å². The van der Waals surface area contributed by atoms with E-state index in [-0.39, 0.29) is 24.5 Å². The molecule has 1 amide bonds. The summed E-state index contributed by atoms with van der Waals surface area (Å²) in [4.78, 5) is 16.5. The monoisotopic (exact) mass is 307 g/mol. The quantitative estimate of drug-likeness (QED) is 0.891. The van der Waals surface area contributed by atoms with E-state index in [4.69, 9.17) is 4.52 Å². The molecule has 6 nitrogen and oxygen atoms in total. The minimum Gasteiger partial charge on any atom is -0.393 e. The van der Waals surface area contributed by atoms with Crippen molar-refractivity contribution < 1.29 is 14.4 Å². The third-order valence-electron chi connectivity index (χ3n) is 4.89. The van der Waals surface area contributed by atoms with E-state index in [1.165, 1.54) is 19.3 Å². The highest BCUT2D eigenvalue weighted by molar-refractivity contribution is 5.78. The third-order valence-corrected chi connectivity index (χ3v) is 4.89. The summed E-state index contributed by atoms with van der Waals surface area (Å²) in [6, 6.07) is 0. The Balaban J connectivity index is 1.49. The molecule has 0 unspecified atom stereocenters. The van der Waals surface area contributed by atoms with E-state index in [9.17, 15) is 9.90 Å². The fourth-order valence-corrected chi connectivity index (χ4v) is 3.58. The van der Waals surface area contributed by atoms with Crippen LogP contribution in [0.25, 0.3) is 0 Å². The molecule has 1 aromatic heterocycles. The summed E-state index contributed by atoms with van der Waals surface area (Å²) in [5, 5.41) is 16.6. The zero-order chi connectivity index (χ0) is 15.4. The Bertz CT molecular complexity index is 497. The lowest BCUT2D eigenvalue weighted by atomic mass is 9.87. The van der Waals surface area contributed by atoms with E-state index in [0.717, 1.165) is 37.9 Å². The second kappa shape index (κ2) is 7.22. The first-order chi connectivity index (χ1) is 10.7. The van der Waals surface area contributed by atoms with Gasteiger partial charge in [0.1, 0.15) is 0 Å². The number of carbonyl (C=O) groups is 1. The standard InChI is InChI=1S/C16H25N3O3/c20-13-8-4-7-12(9-13)16(21)17-10-14-18-15(19-22-14)11-5-2-1-3-6-11/h11-13,20H,1-10H2,(H,17,21)/t12-,13+/m1/s1. The van der Waals surface area contributed by atoms with Crippen LogP contribution in [0.1, 0.15) is 75.4 Å². The second-order valence-electron chi connectivity index (χ2n) is 6.62.